The van der Waals surface area contributed by atoms with Crippen molar-refractivity contribution in [2.75, 3.05) is 47.5 Å². The molecule has 2 N–H and O–H groups in total. The fourth-order valence-electron chi connectivity index (χ4n) is 6.74. The number of carbonyl (C=O) groups excluding carboxylic acids is 1. The molecule has 0 saturated carbocycles. The van der Waals surface area contributed by atoms with Crippen molar-refractivity contribution in [1.82, 2.24) is 0 Å². The molecule has 8 heteroatoms. The first kappa shape index (κ1) is 57.5. The van der Waals surface area contributed by atoms with Gasteiger partial charge in [-0.25, -0.2) is 4.79 Å². The van der Waals surface area contributed by atoms with Crippen LogP contribution in [0.25, 0.3) is 0 Å². The van der Waals surface area contributed by atoms with Crippen molar-refractivity contribution in [2.24, 2.45) is 0 Å². The fraction of sp³-hybridized carbons (Fsp3) is 0.769. The largest absolute Gasteiger partial charge is 0.477 e. The van der Waals surface area contributed by atoms with Crippen molar-refractivity contribution < 1.29 is 38.5 Å². The maximum absolute atomic E-state index is 12.0. The number of nitrogens with zero attached hydrogens (tertiary/aromatic N) is 1. The maximum Gasteiger partial charge on any atom is 0.361 e. The van der Waals surface area contributed by atoms with Crippen LogP contribution in [0.15, 0.2) is 60.8 Å². The summed E-state index contributed by atoms with van der Waals surface area (Å²) in [5.74, 6) is -1.60. The van der Waals surface area contributed by atoms with Gasteiger partial charge in [0.1, 0.15) is 19.3 Å². The molecule has 0 aliphatic heterocycles. The molecule has 0 bridgehead atoms. The van der Waals surface area contributed by atoms with Gasteiger partial charge in [0.25, 0.3) is 6.29 Å². The molecule has 2 unspecified atom stereocenters. The third-order valence-corrected chi connectivity index (χ3v) is 10.5. The van der Waals surface area contributed by atoms with Crippen molar-refractivity contribution in [3.8, 4) is 0 Å². The molecule has 2 atom stereocenters. The van der Waals surface area contributed by atoms with E-state index in [0.29, 0.717) is 17.4 Å². The minimum atomic E-state index is -1.46. The predicted octanol–water partition coefficient (Wildman–Crippen LogP) is 13.5. The van der Waals surface area contributed by atoms with Crippen LogP contribution in [0.3, 0.4) is 0 Å². The number of aliphatic hydroxyl groups excluding tert-OH is 1. The highest BCUT2D eigenvalue weighted by Crippen LogP contribution is 2.16. The number of esters is 1. The predicted molar refractivity (Wildman–Crippen MR) is 253 cm³/mol. The number of hydrogen-bond acceptors (Lipinski definition) is 6. The van der Waals surface area contributed by atoms with Gasteiger partial charge in [0.05, 0.1) is 34.4 Å². The SMILES string of the molecule is CC/C=C\C/C=C\C/C=C\C/C=C\C/C=C\CCCCCCCCCCCCCCCCCCCCCCCCCC(=O)OCC(O)COC(OCC[N+](C)(C)C)C(=O)O. The molecule has 0 heterocycles. The number of allylic oxidation sites excluding steroid dienone is 10. The molecule has 0 amide bonds. The lowest BCUT2D eigenvalue weighted by molar-refractivity contribution is -0.870. The Hall–Kier alpha value is -2.52. The maximum atomic E-state index is 12.0. The number of aliphatic hydroxyl groups is 1. The molecular formula is C52H94NO7+. The van der Waals surface area contributed by atoms with Crippen LogP contribution in [0.5, 0.6) is 0 Å². The molecule has 0 radical (unpaired) electrons. The van der Waals surface area contributed by atoms with Crippen LogP contribution < -0.4 is 0 Å². The smallest absolute Gasteiger partial charge is 0.361 e. The highest BCUT2D eigenvalue weighted by atomic mass is 16.7. The molecule has 0 aromatic carbocycles. The van der Waals surface area contributed by atoms with Crippen LogP contribution in [-0.2, 0) is 23.8 Å². The van der Waals surface area contributed by atoms with E-state index in [1.807, 2.05) is 21.1 Å². The van der Waals surface area contributed by atoms with Crippen molar-refractivity contribution in [2.45, 2.75) is 212 Å². The number of rotatable bonds is 45. The first-order valence-corrected chi connectivity index (χ1v) is 24.5. The molecule has 0 rings (SSSR count). The minimum absolute atomic E-state index is 0.211. The van der Waals surface area contributed by atoms with Crippen LogP contribution in [0.2, 0.25) is 0 Å². The molecule has 0 spiro atoms. The molecule has 348 valence electrons. The van der Waals surface area contributed by atoms with Crippen LogP contribution in [0, 0.1) is 0 Å². The summed E-state index contributed by atoms with van der Waals surface area (Å²) in [4.78, 5) is 23.3. The third kappa shape index (κ3) is 46.5. The normalized spacial score (nSPS) is 13.6. The quantitative estimate of drug-likeness (QED) is 0.0207. The van der Waals surface area contributed by atoms with E-state index >= 15 is 0 Å². The van der Waals surface area contributed by atoms with Gasteiger partial charge in [-0.1, -0.05) is 203 Å². The van der Waals surface area contributed by atoms with E-state index in [-0.39, 0.29) is 25.8 Å². The van der Waals surface area contributed by atoms with Gasteiger partial charge in [0.15, 0.2) is 0 Å². The Morgan fingerprint density at radius 1 is 0.500 bits per heavy atom. The van der Waals surface area contributed by atoms with Gasteiger partial charge in [-0.15, -0.1) is 0 Å². The fourth-order valence-corrected chi connectivity index (χ4v) is 6.74. The second-order valence-corrected chi connectivity index (χ2v) is 17.6. The number of carbonyl (C=O) groups is 2. The van der Waals surface area contributed by atoms with E-state index in [1.54, 1.807) is 0 Å². The second kappa shape index (κ2) is 44.5. The van der Waals surface area contributed by atoms with Crippen molar-refractivity contribution >= 4 is 11.9 Å². The van der Waals surface area contributed by atoms with Crippen LogP contribution in [0.1, 0.15) is 200 Å². The Labute approximate surface area is 369 Å². The van der Waals surface area contributed by atoms with Gasteiger partial charge in [0, 0.05) is 6.42 Å². The van der Waals surface area contributed by atoms with Gasteiger partial charge < -0.3 is 28.9 Å². The minimum Gasteiger partial charge on any atom is -0.477 e. The molecule has 0 aliphatic carbocycles. The Balaban J connectivity index is 3.38. The van der Waals surface area contributed by atoms with Crippen molar-refractivity contribution in [3.05, 3.63) is 60.8 Å². The first-order chi connectivity index (χ1) is 29.2. The molecule has 60 heavy (non-hydrogen) atoms. The summed E-state index contributed by atoms with van der Waals surface area (Å²) in [5.41, 5.74) is 0. The number of carboxylic acids is 1. The van der Waals surface area contributed by atoms with E-state index in [4.69, 9.17) is 14.2 Å². The van der Waals surface area contributed by atoms with Gasteiger partial charge in [-0.3, -0.25) is 4.79 Å². The van der Waals surface area contributed by atoms with Crippen LogP contribution in [-0.4, -0.2) is 86.5 Å². The molecule has 0 fully saturated rings. The second-order valence-electron chi connectivity index (χ2n) is 17.6. The monoisotopic (exact) mass is 845 g/mol. The number of carboxylic acid groups (broad SMARTS) is 1. The highest BCUT2D eigenvalue weighted by Gasteiger charge is 2.22. The van der Waals surface area contributed by atoms with Crippen molar-refractivity contribution in [3.63, 3.8) is 0 Å². The number of ether oxygens (including phenoxy) is 3. The van der Waals surface area contributed by atoms with Gasteiger partial charge in [0.2, 0.25) is 0 Å². The van der Waals surface area contributed by atoms with E-state index in [2.05, 4.69) is 67.7 Å². The summed E-state index contributed by atoms with van der Waals surface area (Å²) in [6.07, 6.45) is 57.3. The number of unbranched alkanes of at least 4 members (excludes halogenated alkanes) is 23. The Morgan fingerprint density at radius 3 is 1.25 bits per heavy atom. The zero-order chi connectivity index (χ0) is 44.0. The molecule has 0 aliphatic rings. The number of aliphatic carboxylic acids is 1. The van der Waals surface area contributed by atoms with Gasteiger partial charge in [-0.2, -0.15) is 0 Å². The first-order valence-electron chi connectivity index (χ1n) is 24.5. The summed E-state index contributed by atoms with van der Waals surface area (Å²) < 4.78 is 16.2. The van der Waals surface area contributed by atoms with Crippen LogP contribution >= 0.6 is 0 Å². The lowest BCUT2D eigenvalue weighted by Gasteiger charge is -2.24. The van der Waals surface area contributed by atoms with E-state index in [1.165, 1.54) is 135 Å². The molecule has 0 aromatic heterocycles. The summed E-state index contributed by atoms with van der Waals surface area (Å²) in [5, 5.41) is 19.3. The third-order valence-electron chi connectivity index (χ3n) is 10.5. The Bertz CT molecular complexity index is 1110. The molecule has 8 nitrogen and oxygen atoms in total. The topological polar surface area (TPSA) is 102 Å². The summed E-state index contributed by atoms with van der Waals surface area (Å²) in [7, 11) is 5.93. The summed E-state index contributed by atoms with van der Waals surface area (Å²) >= 11 is 0. The lowest BCUT2D eigenvalue weighted by Crippen LogP contribution is -2.40. The van der Waals surface area contributed by atoms with Crippen LogP contribution in [0.4, 0.5) is 0 Å². The number of quaternary nitrogens is 1. The molecule has 0 saturated heterocycles. The van der Waals surface area contributed by atoms with E-state index in [9.17, 15) is 19.8 Å². The standard InChI is InChI=1S/C52H93NO7/c1-5-6-7-8-9-10-11-12-13-14-15-16-17-18-19-20-21-22-23-24-25-26-27-28-29-30-31-32-33-34-35-36-37-38-39-40-41-42-43-44-50(55)59-47-49(54)48-60-52(51(56)57)58-46-45-53(2,3)4/h6-7,9-10,12-13,15-16,18-19,49,52,54H,5,8,11,14,17,20-48H2,1-4H3/p+1/b7-6-,10-9-,13-12-,16-15-,19-18-. The summed E-state index contributed by atoms with van der Waals surface area (Å²) in [6, 6.07) is 0. The Morgan fingerprint density at radius 2 is 0.867 bits per heavy atom. The average Bonchev–Trinajstić information content (AvgIpc) is 3.21. The lowest BCUT2D eigenvalue weighted by atomic mass is 10.0. The Kier molecular flexibility index (Phi) is 42.7. The van der Waals surface area contributed by atoms with Gasteiger partial charge in [-0.05, 0) is 51.4 Å². The zero-order valence-electron chi connectivity index (χ0n) is 39.4. The van der Waals surface area contributed by atoms with E-state index < -0.39 is 18.4 Å². The average molecular weight is 845 g/mol. The number of hydrogen-bond donors (Lipinski definition) is 2. The number of likely N-dealkylation sites (N-methyl/N-ethyl adjacent to an activating group) is 1. The zero-order valence-corrected chi connectivity index (χ0v) is 39.4. The molecule has 0 aromatic rings. The van der Waals surface area contributed by atoms with Gasteiger partial charge >= 0.3 is 11.9 Å². The molecular weight excluding hydrogens is 751 g/mol. The van der Waals surface area contributed by atoms with Crippen molar-refractivity contribution in [1.29, 1.82) is 0 Å². The highest BCUT2D eigenvalue weighted by molar-refractivity contribution is 5.70. The summed E-state index contributed by atoms with van der Waals surface area (Å²) in [6.45, 7) is 2.49. The van der Waals surface area contributed by atoms with E-state index in [0.717, 1.165) is 51.4 Å².